The molecule has 0 bridgehead atoms. The molecule has 20 heavy (non-hydrogen) atoms. The Morgan fingerprint density at radius 3 is 2.90 bits per heavy atom. The number of hydrogen-bond acceptors (Lipinski definition) is 4. The van der Waals surface area contributed by atoms with Crippen LogP contribution >= 0.6 is 11.3 Å². The molecule has 4 nitrogen and oxygen atoms in total. The first-order chi connectivity index (χ1) is 9.74. The maximum Gasteiger partial charge on any atom is 0.255 e. The Balaban J connectivity index is 1.77. The van der Waals surface area contributed by atoms with Crippen molar-refractivity contribution in [1.29, 1.82) is 0 Å². The molecule has 1 amide bonds. The number of thiazole rings is 1. The number of aromatic nitrogens is 1. The molecule has 104 valence electrons. The minimum Gasteiger partial charge on any atom is -0.368 e. The average molecular weight is 288 g/mol. The van der Waals surface area contributed by atoms with E-state index in [1.807, 2.05) is 37.3 Å². The SMILES string of the molecule is Cc1sc(NC(=O)C2CCCO2)nc1-c1ccccc1. The fourth-order valence-electron chi connectivity index (χ4n) is 2.28. The third-order valence-electron chi connectivity index (χ3n) is 3.30. The van der Waals surface area contributed by atoms with E-state index in [4.69, 9.17) is 4.74 Å². The number of carbonyl (C=O) groups excluding carboxylic acids is 1. The number of nitrogens with one attached hydrogen (secondary N) is 1. The number of carbonyl (C=O) groups is 1. The van der Waals surface area contributed by atoms with Gasteiger partial charge in [-0.2, -0.15) is 0 Å². The van der Waals surface area contributed by atoms with Crippen LogP contribution in [0.2, 0.25) is 0 Å². The van der Waals surface area contributed by atoms with E-state index in [0.717, 1.165) is 29.0 Å². The monoisotopic (exact) mass is 288 g/mol. The third kappa shape index (κ3) is 2.73. The van der Waals surface area contributed by atoms with Crippen LogP contribution < -0.4 is 5.32 Å². The van der Waals surface area contributed by atoms with Gasteiger partial charge >= 0.3 is 0 Å². The number of anilines is 1. The van der Waals surface area contributed by atoms with E-state index in [0.29, 0.717) is 11.7 Å². The first kappa shape index (κ1) is 13.3. The summed E-state index contributed by atoms with van der Waals surface area (Å²) in [6, 6.07) is 9.99. The summed E-state index contributed by atoms with van der Waals surface area (Å²) in [7, 11) is 0. The van der Waals surface area contributed by atoms with Gasteiger partial charge in [0.25, 0.3) is 5.91 Å². The molecule has 0 radical (unpaired) electrons. The highest BCUT2D eigenvalue weighted by Gasteiger charge is 2.24. The van der Waals surface area contributed by atoms with Crippen molar-refractivity contribution in [1.82, 2.24) is 4.98 Å². The van der Waals surface area contributed by atoms with Gasteiger partial charge in [-0.05, 0) is 19.8 Å². The number of hydrogen-bond donors (Lipinski definition) is 1. The summed E-state index contributed by atoms with van der Waals surface area (Å²) in [6.45, 7) is 2.69. The standard InChI is InChI=1S/C15H16N2O2S/c1-10-13(11-6-3-2-4-7-11)16-15(20-10)17-14(18)12-8-5-9-19-12/h2-4,6-7,12H,5,8-9H2,1H3,(H,16,17,18). The highest BCUT2D eigenvalue weighted by molar-refractivity contribution is 7.16. The van der Waals surface area contributed by atoms with Crippen molar-refractivity contribution in [2.45, 2.75) is 25.9 Å². The Kier molecular flexibility index (Phi) is 3.80. The number of amides is 1. The van der Waals surface area contributed by atoms with Crippen molar-refractivity contribution in [3.8, 4) is 11.3 Å². The largest absolute Gasteiger partial charge is 0.368 e. The molecule has 5 heteroatoms. The van der Waals surface area contributed by atoms with Gasteiger partial charge in [-0.3, -0.25) is 10.1 Å². The predicted octanol–water partition coefficient (Wildman–Crippen LogP) is 3.24. The van der Waals surface area contributed by atoms with E-state index in [1.165, 1.54) is 11.3 Å². The van der Waals surface area contributed by atoms with Gasteiger partial charge in [0, 0.05) is 17.0 Å². The smallest absolute Gasteiger partial charge is 0.255 e. The van der Waals surface area contributed by atoms with Crippen LogP contribution in [0.15, 0.2) is 30.3 Å². The van der Waals surface area contributed by atoms with Crippen LogP contribution in [0.25, 0.3) is 11.3 Å². The molecule has 3 rings (SSSR count). The van der Waals surface area contributed by atoms with E-state index >= 15 is 0 Å². The van der Waals surface area contributed by atoms with Crippen molar-refractivity contribution < 1.29 is 9.53 Å². The topological polar surface area (TPSA) is 51.2 Å². The number of aryl methyl sites for hydroxylation is 1. The molecule has 1 saturated heterocycles. The molecule has 1 aromatic carbocycles. The van der Waals surface area contributed by atoms with Crippen molar-refractivity contribution in [2.24, 2.45) is 0 Å². The van der Waals surface area contributed by atoms with Crippen LogP contribution in [-0.4, -0.2) is 23.6 Å². The van der Waals surface area contributed by atoms with Gasteiger partial charge < -0.3 is 4.74 Å². The Labute approximate surface area is 121 Å². The summed E-state index contributed by atoms with van der Waals surface area (Å²) >= 11 is 1.50. The van der Waals surface area contributed by atoms with Crippen LogP contribution in [0, 0.1) is 6.92 Å². The molecular formula is C15H16N2O2S. The Bertz CT molecular complexity index is 604. The lowest BCUT2D eigenvalue weighted by Crippen LogP contribution is -2.26. The van der Waals surface area contributed by atoms with Crippen LogP contribution in [0.1, 0.15) is 17.7 Å². The number of ether oxygens (including phenoxy) is 1. The minimum atomic E-state index is -0.320. The molecule has 2 aromatic rings. The highest BCUT2D eigenvalue weighted by Crippen LogP contribution is 2.30. The normalized spacial score (nSPS) is 18.1. The van der Waals surface area contributed by atoms with Gasteiger partial charge in [0.2, 0.25) is 0 Å². The summed E-state index contributed by atoms with van der Waals surface area (Å²) in [5, 5.41) is 3.50. The van der Waals surface area contributed by atoms with Gasteiger partial charge in [0.15, 0.2) is 5.13 Å². The Morgan fingerprint density at radius 1 is 1.40 bits per heavy atom. The van der Waals surface area contributed by atoms with Crippen molar-refractivity contribution >= 4 is 22.4 Å². The van der Waals surface area contributed by atoms with E-state index in [-0.39, 0.29) is 12.0 Å². The first-order valence-electron chi connectivity index (χ1n) is 6.69. The Morgan fingerprint density at radius 2 is 2.20 bits per heavy atom. The number of nitrogens with zero attached hydrogens (tertiary/aromatic N) is 1. The lowest BCUT2D eigenvalue weighted by atomic mass is 10.1. The van der Waals surface area contributed by atoms with Gasteiger partial charge in [-0.1, -0.05) is 30.3 Å². The van der Waals surface area contributed by atoms with E-state index in [9.17, 15) is 4.79 Å². The second-order valence-electron chi connectivity index (χ2n) is 4.78. The quantitative estimate of drug-likeness (QED) is 0.943. The molecule has 1 aromatic heterocycles. The van der Waals surface area contributed by atoms with Gasteiger partial charge in [0.05, 0.1) is 5.69 Å². The predicted molar refractivity (Wildman–Crippen MR) is 79.9 cm³/mol. The molecule has 1 unspecified atom stereocenters. The number of rotatable bonds is 3. The molecule has 0 spiro atoms. The van der Waals surface area contributed by atoms with Gasteiger partial charge in [-0.15, -0.1) is 11.3 Å². The van der Waals surface area contributed by atoms with E-state index < -0.39 is 0 Å². The molecule has 1 N–H and O–H groups in total. The number of benzene rings is 1. The van der Waals surface area contributed by atoms with Gasteiger partial charge in [0.1, 0.15) is 6.10 Å². The van der Waals surface area contributed by atoms with Crippen molar-refractivity contribution in [3.63, 3.8) is 0 Å². The van der Waals surface area contributed by atoms with Crippen LogP contribution in [0.5, 0.6) is 0 Å². The maximum absolute atomic E-state index is 12.0. The second kappa shape index (κ2) is 5.73. The summed E-state index contributed by atoms with van der Waals surface area (Å²) < 4.78 is 5.37. The van der Waals surface area contributed by atoms with Crippen LogP contribution in [0.3, 0.4) is 0 Å². The van der Waals surface area contributed by atoms with Crippen LogP contribution in [0.4, 0.5) is 5.13 Å². The maximum atomic E-state index is 12.0. The van der Waals surface area contributed by atoms with Crippen molar-refractivity contribution in [3.05, 3.63) is 35.2 Å². The van der Waals surface area contributed by atoms with Crippen LogP contribution in [-0.2, 0) is 9.53 Å². The molecule has 1 aliphatic heterocycles. The summed E-state index contributed by atoms with van der Waals surface area (Å²) in [6.07, 6.45) is 1.42. The molecule has 1 aliphatic rings. The minimum absolute atomic E-state index is 0.0872. The average Bonchev–Trinajstić information content (AvgIpc) is 3.09. The summed E-state index contributed by atoms with van der Waals surface area (Å²) in [5.41, 5.74) is 2.00. The molecule has 2 heterocycles. The molecule has 1 atom stereocenters. The third-order valence-corrected chi connectivity index (χ3v) is 4.18. The first-order valence-corrected chi connectivity index (χ1v) is 7.51. The Hall–Kier alpha value is -1.72. The zero-order valence-corrected chi connectivity index (χ0v) is 12.1. The van der Waals surface area contributed by atoms with E-state index in [1.54, 1.807) is 0 Å². The zero-order valence-electron chi connectivity index (χ0n) is 11.3. The molecule has 1 fully saturated rings. The summed E-state index contributed by atoms with van der Waals surface area (Å²) in [4.78, 5) is 17.6. The lowest BCUT2D eigenvalue weighted by molar-refractivity contribution is -0.124. The fourth-order valence-corrected chi connectivity index (χ4v) is 3.12. The molecular weight excluding hydrogens is 272 g/mol. The molecule has 0 saturated carbocycles. The zero-order chi connectivity index (χ0) is 13.9. The lowest BCUT2D eigenvalue weighted by Gasteiger charge is -2.07. The second-order valence-corrected chi connectivity index (χ2v) is 5.98. The summed E-state index contributed by atoms with van der Waals surface area (Å²) in [5.74, 6) is -0.0872. The van der Waals surface area contributed by atoms with Gasteiger partial charge in [-0.25, -0.2) is 4.98 Å². The molecule has 0 aliphatic carbocycles. The fraction of sp³-hybridized carbons (Fsp3) is 0.333. The van der Waals surface area contributed by atoms with E-state index in [2.05, 4.69) is 10.3 Å². The highest BCUT2D eigenvalue weighted by atomic mass is 32.1. The van der Waals surface area contributed by atoms with Crippen molar-refractivity contribution in [2.75, 3.05) is 11.9 Å².